The van der Waals surface area contributed by atoms with Crippen molar-refractivity contribution >= 4 is 40.5 Å². The largest absolute Gasteiger partial charge is 0.365 e. The van der Waals surface area contributed by atoms with Crippen molar-refractivity contribution in [3.05, 3.63) is 69.5 Å². The van der Waals surface area contributed by atoms with Gasteiger partial charge in [0.1, 0.15) is 17.5 Å². The molecule has 1 amide bonds. The zero-order chi connectivity index (χ0) is 22.2. The van der Waals surface area contributed by atoms with E-state index in [1.54, 1.807) is 24.3 Å². The number of aryl methyl sites for hydroxylation is 1. The Kier molecular flexibility index (Phi) is 5.74. The minimum absolute atomic E-state index is 0.184. The van der Waals surface area contributed by atoms with E-state index in [-0.39, 0.29) is 16.7 Å². The summed E-state index contributed by atoms with van der Waals surface area (Å²) in [5.74, 6) is -1.11. The first-order chi connectivity index (χ1) is 14.0. The molecule has 2 aromatic carbocycles. The monoisotopic (exact) mass is 423 g/mol. The number of rotatable bonds is 3. The molecule has 6 heteroatoms. The number of carbonyl (C=O) groups is 1. The molecule has 0 atom stereocenters. The molecule has 154 valence electrons. The van der Waals surface area contributed by atoms with Crippen LogP contribution in [0.25, 0.3) is 11.6 Å². The van der Waals surface area contributed by atoms with Crippen LogP contribution in [0.4, 0.5) is 15.8 Å². The summed E-state index contributed by atoms with van der Waals surface area (Å²) in [6.45, 7) is 7.90. The van der Waals surface area contributed by atoms with E-state index in [2.05, 4.69) is 25.2 Å². The van der Waals surface area contributed by atoms with Crippen molar-refractivity contribution < 1.29 is 9.18 Å². The molecule has 0 fully saturated rings. The second-order valence-corrected chi connectivity index (χ2v) is 8.45. The van der Waals surface area contributed by atoms with Gasteiger partial charge in [-0.15, -0.1) is 0 Å². The molecule has 0 saturated carbocycles. The summed E-state index contributed by atoms with van der Waals surface area (Å²) in [5, 5.41) is 12.6. The molecule has 4 nitrogen and oxygen atoms in total. The number of nitrogens with one attached hydrogen (secondary N) is 1. The van der Waals surface area contributed by atoms with Gasteiger partial charge in [0.05, 0.1) is 5.54 Å². The van der Waals surface area contributed by atoms with Gasteiger partial charge < -0.3 is 10.2 Å². The summed E-state index contributed by atoms with van der Waals surface area (Å²) in [7, 11) is 1.91. The number of hydrogen-bond acceptors (Lipinski definition) is 3. The molecule has 0 bridgehead atoms. The van der Waals surface area contributed by atoms with Gasteiger partial charge in [0, 0.05) is 34.6 Å². The molecule has 0 aliphatic carbocycles. The number of nitriles is 1. The van der Waals surface area contributed by atoms with E-state index >= 15 is 0 Å². The number of hydrogen-bond donors (Lipinski definition) is 1. The highest BCUT2D eigenvalue weighted by atomic mass is 35.5. The Bertz CT molecular complexity index is 1140. The number of amides is 1. The van der Waals surface area contributed by atoms with Gasteiger partial charge in [-0.3, -0.25) is 4.79 Å². The number of benzene rings is 2. The average molecular weight is 424 g/mol. The van der Waals surface area contributed by atoms with E-state index in [0.717, 1.165) is 22.4 Å². The van der Waals surface area contributed by atoms with Gasteiger partial charge in [-0.25, -0.2) is 4.39 Å². The first-order valence-electron chi connectivity index (χ1n) is 9.50. The van der Waals surface area contributed by atoms with E-state index in [1.807, 2.05) is 31.9 Å². The fourth-order valence-corrected chi connectivity index (χ4v) is 3.69. The molecule has 0 aromatic heterocycles. The lowest BCUT2D eigenvalue weighted by molar-refractivity contribution is -0.112. The Morgan fingerprint density at radius 2 is 1.97 bits per heavy atom. The van der Waals surface area contributed by atoms with Crippen LogP contribution < -0.4 is 10.2 Å². The zero-order valence-corrected chi connectivity index (χ0v) is 18.4. The second kappa shape index (κ2) is 7.97. The Morgan fingerprint density at radius 1 is 1.27 bits per heavy atom. The maximum Gasteiger partial charge on any atom is 0.266 e. The lowest BCUT2D eigenvalue weighted by Crippen LogP contribution is -2.42. The number of anilines is 2. The molecule has 2 aromatic rings. The van der Waals surface area contributed by atoms with Gasteiger partial charge in [-0.2, -0.15) is 5.26 Å². The Morgan fingerprint density at radius 3 is 2.63 bits per heavy atom. The van der Waals surface area contributed by atoms with E-state index in [1.165, 1.54) is 12.1 Å². The van der Waals surface area contributed by atoms with Gasteiger partial charge >= 0.3 is 0 Å². The zero-order valence-electron chi connectivity index (χ0n) is 17.6. The molecular weight excluding hydrogens is 401 g/mol. The fraction of sp³-hybridized carbons (Fsp3) is 0.250. The predicted molar refractivity (Wildman–Crippen MR) is 121 cm³/mol. The van der Waals surface area contributed by atoms with Crippen molar-refractivity contribution in [1.29, 1.82) is 5.26 Å². The molecule has 0 unspecified atom stereocenters. The number of allylic oxidation sites excluding steroid dienone is 1. The normalized spacial score (nSPS) is 15.2. The predicted octanol–water partition coefficient (Wildman–Crippen LogP) is 5.96. The topological polar surface area (TPSA) is 56.1 Å². The Labute approximate surface area is 181 Å². The fourth-order valence-electron chi connectivity index (χ4n) is 3.52. The first kappa shape index (κ1) is 21.6. The molecule has 3 rings (SSSR count). The van der Waals surface area contributed by atoms with Crippen LogP contribution in [0, 0.1) is 24.1 Å². The van der Waals surface area contributed by atoms with E-state index in [0.29, 0.717) is 10.7 Å². The summed E-state index contributed by atoms with van der Waals surface area (Å²) in [6.07, 6.45) is 3.39. The number of likely N-dealkylation sites (N-methyl/N-ethyl adjacent to an activating group) is 1. The SMILES string of the molecule is CC1=CC(C)(C)N(C)c2cc(F)c(/C=C(\C#N)C(=O)Nc3cc(Cl)ccc3C)cc21. The number of carbonyl (C=O) groups excluding carboxylic acids is 1. The quantitative estimate of drug-likeness (QED) is 0.489. The summed E-state index contributed by atoms with van der Waals surface area (Å²) < 4.78 is 14.9. The average Bonchev–Trinajstić information content (AvgIpc) is 2.67. The van der Waals surface area contributed by atoms with E-state index in [9.17, 15) is 14.4 Å². The van der Waals surface area contributed by atoms with Crippen LogP contribution in [-0.4, -0.2) is 18.5 Å². The van der Waals surface area contributed by atoms with Crippen LogP contribution in [0.2, 0.25) is 5.02 Å². The molecule has 0 spiro atoms. The molecular formula is C24H23ClFN3O. The van der Waals surface area contributed by atoms with Gasteiger partial charge in [-0.1, -0.05) is 23.7 Å². The summed E-state index contributed by atoms with van der Waals surface area (Å²) in [6, 6.07) is 10.1. The first-order valence-corrected chi connectivity index (χ1v) is 9.88. The third kappa shape index (κ3) is 4.10. The standard InChI is InChI=1S/C24H23ClFN3O/c1-14-6-7-18(25)10-21(14)28-23(30)17(13-27)8-16-9-19-15(2)12-24(3,4)29(5)22(19)11-20(16)26/h6-12H,1-5H3,(H,28,30)/b17-8+. The molecule has 1 aliphatic rings. The van der Waals surface area contributed by atoms with Crippen molar-refractivity contribution in [3.63, 3.8) is 0 Å². The van der Waals surface area contributed by atoms with Crippen LogP contribution in [0.3, 0.4) is 0 Å². The lowest BCUT2D eigenvalue weighted by Gasteiger charge is -2.40. The van der Waals surface area contributed by atoms with Gasteiger partial charge in [0.15, 0.2) is 0 Å². The number of fused-ring (bicyclic) bond motifs is 1. The van der Waals surface area contributed by atoms with Crippen LogP contribution in [-0.2, 0) is 4.79 Å². The maximum absolute atomic E-state index is 14.9. The van der Waals surface area contributed by atoms with Crippen molar-refractivity contribution in [3.8, 4) is 6.07 Å². The van der Waals surface area contributed by atoms with E-state index < -0.39 is 11.7 Å². The van der Waals surface area contributed by atoms with Crippen LogP contribution in [0.5, 0.6) is 0 Å². The van der Waals surface area contributed by atoms with Crippen molar-refractivity contribution in [1.82, 2.24) is 0 Å². The molecule has 0 saturated heterocycles. The summed E-state index contributed by atoms with van der Waals surface area (Å²) in [4.78, 5) is 14.6. The van der Waals surface area contributed by atoms with Crippen LogP contribution in [0.15, 0.2) is 42.0 Å². The summed E-state index contributed by atoms with van der Waals surface area (Å²) in [5.41, 5.74) is 3.70. The third-order valence-corrected chi connectivity index (χ3v) is 5.68. The summed E-state index contributed by atoms with van der Waals surface area (Å²) >= 11 is 5.99. The molecule has 1 aliphatic heterocycles. The van der Waals surface area contributed by atoms with Crippen LogP contribution >= 0.6 is 11.6 Å². The highest BCUT2D eigenvalue weighted by Crippen LogP contribution is 2.39. The molecule has 1 heterocycles. The van der Waals surface area contributed by atoms with Crippen molar-refractivity contribution in [2.24, 2.45) is 0 Å². The van der Waals surface area contributed by atoms with Crippen molar-refractivity contribution in [2.75, 3.05) is 17.3 Å². The third-order valence-electron chi connectivity index (χ3n) is 5.45. The molecule has 1 N–H and O–H groups in total. The van der Waals surface area contributed by atoms with Gasteiger partial charge in [0.25, 0.3) is 5.91 Å². The van der Waals surface area contributed by atoms with Gasteiger partial charge in [0.2, 0.25) is 0 Å². The van der Waals surface area contributed by atoms with Crippen LogP contribution in [0.1, 0.15) is 37.5 Å². The van der Waals surface area contributed by atoms with E-state index in [4.69, 9.17) is 11.6 Å². The van der Waals surface area contributed by atoms with Crippen molar-refractivity contribution in [2.45, 2.75) is 33.2 Å². The maximum atomic E-state index is 14.9. The minimum atomic E-state index is -0.620. The Balaban J connectivity index is 1.99. The smallest absolute Gasteiger partial charge is 0.266 e. The lowest BCUT2D eigenvalue weighted by atomic mass is 9.88. The minimum Gasteiger partial charge on any atom is -0.365 e. The number of nitrogens with zero attached hydrogens (tertiary/aromatic N) is 2. The molecule has 30 heavy (non-hydrogen) atoms. The Hall–Kier alpha value is -3.10. The van der Waals surface area contributed by atoms with Gasteiger partial charge in [-0.05, 0) is 69.2 Å². The highest BCUT2D eigenvalue weighted by Gasteiger charge is 2.29. The number of halogens is 2. The second-order valence-electron chi connectivity index (χ2n) is 8.01. The highest BCUT2D eigenvalue weighted by molar-refractivity contribution is 6.31. The molecule has 0 radical (unpaired) electrons.